The molecule has 176 valence electrons. The quantitative estimate of drug-likeness (QED) is 0.474. The lowest BCUT2D eigenvalue weighted by atomic mass is 9.92. The smallest absolute Gasteiger partial charge is 0.256 e. The van der Waals surface area contributed by atoms with Crippen molar-refractivity contribution < 1.29 is 9.59 Å². The molecular formula is C26H25N7O2. The number of nitrogen functional groups attached to an aromatic ring is 1. The number of hydrogen-bond acceptors (Lipinski definition) is 6. The lowest BCUT2D eigenvalue weighted by Crippen LogP contribution is -2.41. The van der Waals surface area contributed by atoms with Gasteiger partial charge in [-0.25, -0.2) is 15.0 Å². The largest absolute Gasteiger partial charge is 0.382 e. The third-order valence-electron chi connectivity index (χ3n) is 7.02. The molecule has 9 heteroatoms. The number of aromatic nitrogens is 4. The molecule has 0 bridgehead atoms. The zero-order valence-corrected chi connectivity index (χ0v) is 19.1. The molecular weight excluding hydrogens is 442 g/mol. The number of fused-ring (bicyclic) bond motifs is 2. The second-order valence-corrected chi connectivity index (χ2v) is 9.11. The maximum absolute atomic E-state index is 12.6. The minimum atomic E-state index is -0.237. The Kier molecular flexibility index (Phi) is 5.17. The van der Waals surface area contributed by atoms with Crippen LogP contribution in [0.2, 0.25) is 0 Å². The lowest BCUT2D eigenvalue weighted by molar-refractivity contribution is -0.130. The number of anilines is 2. The summed E-state index contributed by atoms with van der Waals surface area (Å²) in [6.45, 7) is 0.677. The van der Waals surface area contributed by atoms with E-state index in [0.29, 0.717) is 36.2 Å². The average molecular weight is 468 g/mol. The molecule has 9 nitrogen and oxygen atoms in total. The van der Waals surface area contributed by atoms with Gasteiger partial charge in [-0.3, -0.25) is 14.0 Å². The van der Waals surface area contributed by atoms with Crippen LogP contribution in [-0.4, -0.2) is 48.7 Å². The summed E-state index contributed by atoms with van der Waals surface area (Å²) in [6, 6.07) is 13.0. The molecule has 0 spiro atoms. The second-order valence-electron chi connectivity index (χ2n) is 9.11. The first-order valence-electron chi connectivity index (χ1n) is 11.8. The molecule has 35 heavy (non-hydrogen) atoms. The Bertz CT molecular complexity index is 1420. The van der Waals surface area contributed by atoms with Crippen LogP contribution >= 0.6 is 0 Å². The van der Waals surface area contributed by atoms with E-state index in [2.05, 4.69) is 15.3 Å². The van der Waals surface area contributed by atoms with E-state index in [9.17, 15) is 9.59 Å². The number of hydrogen-bond donors (Lipinski definition) is 2. The monoisotopic (exact) mass is 467 g/mol. The van der Waals surface area contributed by atoms with Crippen LogP contribution in [0.5, 0.6) is 0 Å². The van der Waals surface area contributed by atoms with E-state index < -0.39 is 0 Å². The summed E-state index contributed by atoms with van der Waals surface area (Å²) in [5, 5.41) is 2.79. The van der Waals surface area contributed by atoms with E-state index in [0.717, 1.165) is 41.9 Å². The molecule has 0 aliphatic carbocycles. The highest BCUT2D eigenvalue weighted by molar-refractivity contribution is 6.04. The predicted molar refractivity (Wildman–Crippen MR) is 132 cm³/mol. The summed E-state index contributed by atoms with van der Waals surface area (Å²) in [5.41, 5.74) is 9.12. The maximum atomic E-state index is 12.6. The SMILES string of the molecule is Nc1nccn2c(C3CCC4CCC(=O)N4C3)nc(-c3ccc(C(=O)Nc4ccccn4)cc3)c12. The van der Waals surface area contributed by atoms with Crippen molar-refractivity contribution in [3.63, 3.8) is 0 Å². The van der Waals surface area contributed by atoms with Crippen molar-refractivity contribution >= 4 is 29.0 Å². The van der Waals surface area contributed by atoms with Gasteiger partial charge in [0, 0.05) is 54.6 Å². The van der Waals surface area contributed by atoms with Crippen molar-refractivity contribution in [2.45, 2.75) is 37.6 Å². The normalized spacial score (nSPS) is 19.7. The number of carbonyl (C=O) groups is 2. The van der Waals surface area contributed by atoms with E-state index >= 15 is 0 Å². The van der Waals surface area contributed by atoms with Crippen molar-refractivity contribution in [3.05, 3.63) is 72.4 Å². The average Bonchev–Trinajstić information content (AvgIpc) is 3.46. The molecule has 2 atom stereocenters. The number of nitrogens with one attached hydrogen (secondary N) is 1. The Morgan fingerprint density at radius 3 is 2.69 bits per heavy atom. The fourth-order valence-corrected chi connectivity index (χ4v) is 5.26. The first kappa shape index (κ1) is 21.3. The van der Waals surface area contributed by atoms with E-state index in [1.54, 1.807) is 36.7 Å². The van der Waals surface area contributed by atoms with Crippen molar-refractivity contribution in [1.29, 1.82) is 0 Å². The van der Waals surface area contributed by atoms with E-state index in [-0.39, 0.29) is 17.7 Å². The lowest BCUT2D eigenvalue weighted by Gasteiger charge is -2.34. The van der Waals surface area contributed by atoms with Gasteiger partial charge in [-0.15, -0.1) is 0 Å². The van der Waals surface area contributed by atoms with Gasteiger partial charge in [0.25, 0.3) is 5.91 Å². The Morgan fingerprint density at radius 1 is 1.03 bits per heavy atom. The van der Waals surface area contributed by atoms with Crippen LogP contribution in [0.4, 0.5) is 11.6 Å². The summed E-state index contributed by atoms with van der Waals surface area (Å²) in [6.07, 6.45) is 8.74. The number of benzene rings is 1. The van der Waals surface area contributed by atoms with Gasteiger partial charge in [-0.2, -0.15) is 0 Å². The zero-order chi connectivity index (χ0) is 23.9. The summed E-state index contributed by atoms with van der Waals surface area (Å²) < 4.78 is 2.00. The molecule has 2 unspecified atom stereocenters. The van der Waals surface area contributed by atoms with E-state index in [1.165, 1.54) is 0 Å². The van der Waals surface area contributed by atoms with Gasteiger partial charge in [0.1, 0.15) is 28.7 Å². The molecule has 2 fully saturated rings. The number of imidazole rings is 1. The van der Waals surface area contributed by atoms with Gasteiger partial charge in [0.2, 0.25) is 5.91 Å². The van der Waals surface area contributed by atoms with Crippen LogP contribution < -0.4 is 11.1 Å². The minimum absolute atomic E-state index is 0.125. The molecule has 5 heterocycles. The van der Waals surface area contributed by atoms with Crippen LogP contribution in [0.3, 0.4) is 0 Å². The number of amides is 2. The number of pyridine rings is 1. The van der Waals surface area contributed by atoms with E-state index in [4.69, 9.17) is 10.7 Å². The first-order chi connectivity index (χ1) is 17.1. The highest BCUT2D eigenvalue weighted by atomic mass is 16.2. The van der Waals surface area contributed by atoms with Gasteiger partial charge >= 0.3 is 0 Å². The Labute approximate surface area is 202 Å². The van der Waals surface area contributed by atoms with Crippen molar-refractivity contribution in [2.24, 2.45) is 0 Å². The molecule has 2 aliphatic rings. The standard InChI is InChI=1S/C26H25N7O2/c27-24-23-22(16-4-6-17(7-5-16)26(35)30-20-3-1-2-12-28-20)31-25(32(23)14-13-29-24)18-8-9-19-10-11-21(34)33(19)15-18/h1-7,12-14,18-19H,8-11,15H2,(H2,27,29)(H,28,30,35). The van der Waals surface area contributed by atoms with Crippen LogP contribution in [-0.2, 0) is 4.79 Å². The number of piperidine rings is 1. The number of carbonyl (C=O) groups excluding carboxylic acids is 2. The Balaban J connectivity index is 1.32. The van der Waals surface area contributed by atoms with Crippen LogP contribution in [0.25, 0.3) is 16.8 Å². The highest BCUT2D eigenvalue weighted by Crippen LogP contribution is 2.38. The van der Waals surface area contributed by atoms with Crippen molar-refractivity contribution in [1.82, 2.24) is 24.3 Å². The van der Waals surface area contributed by atoms with Crippen molar-refractivity contribution in [2.75, 3.05) is 17.6 Å². The predicted octanol–water partition coefficient (Wildman–Crippen LogP) is 3.49. The summed E-state index contributed by atoms with van der Waals surface area (Å²) in [7, 11) is 0. The van der Waals surface area contributed by atoms with Crippen molar-refractivity contribution in [3.8, 4) is 11.3 Å². The van der Waals surface area contributed by atoms with Crippen LogP contribution in [0, 0.1) is 0 Å². The van der Waals surface area contributed by atoms with Gasteiger partial charge in [0.05, 0.1) is 0 Å². The van der Waals surface area contributed by atoms with Crippen LogP contribution in [0.1, 0.15) is 47.8 Å². The summed E-state index contributed by atoms with van der Waals surface area (Å²) in [5.74, 6) is 1.90. The fourth-order valence-electron chi connectivity index (χ4n) is 5.26. The topological polar surface area (TPSA) is 119 Å². The molecule has 2 amide bonds. The molecule has 3 aromatic heterocycles. The molecule has 1 aromatic carbocycles. The first-order valence-corrected chi connectivity index (χ1v) is 11.8. The Hall–Kier alpha value is -4.27. The second kappa shape index (κ2) is 8.50. The molecule has 4 aromatic rings. The third kappa shape index (κ3) is 3.78. The van der Waals surface area contributed by atoms with E-state index in [1.807, 2.05) is 33.7 Å². The molecule has 2 saturated heterocycles. The highest BCUT2D eigenvalue weighted by Gasteiger charge is 2.38. The van der Waals surface area contributed by atoms with Gasteiger partial charge < -0.3 is 16.0 Å². The van der Waals surface area contributed by atoms with Gasteiger partial charge in [-0.05, 0) is 43.5 Å². The summed E-state index contributed by atoms with van der Waals surface area (Å²) in [4.78, 5) is 40.5. The number of nitrogens with zero attached hydrogens (tertiary/aromatic N) is 5. The van der Waals surface area contributed by atoms with Gasteiger partial charge in [-0.1, -0.05) is 18.2 Å². The molecule has 3 N–H and O–H groups in total. The number of nitrogens with two attached hydrogens (primary N) is 1. The van der Waals surface area contributed by atoms with Gasteiger partial charge in [0.15, 0.2) is 0 Å². The Morgan fingerprint density at radius 2 is 1.89 bits per heavy atom. The zero-order valence-electron chi connectivity index (χ0n) is 19.1. The number of rotatable bonds is 4. The minimum Gasteiger partial charge on any atom is -0.382 e. The summed E-state index contributed by atoms with van der Waals surface area (Å²) >= 11 is 0. The molecule has 6 rings (SSSR count). The van der Waals surface area contributed by atoms with Crippen LogP contribution in [0.15, 0.2) is 61.1 Å². The molecule has 2 aliphatic heterocycles. The fraction of sp³-hybridized carbons (Fsp3) is 0.269. The molecule has 0 saturated carbocycles. The molecule has 0 radical (unpaired) electrons. The maximum Gasteiger partial charge on any atom is 0.256 e. The third-order valence-corrected chi connectivity index (χ3v) is 7.02.